The number of aromatic nitrogens is 2. The zero-order valence-electron chi connectivity index (χ0n) is 11.7. The predicted octanol–water partition coefficient (Wildman–Crippen LogP) is 3.53. The topological polar surface area (TPSA) is 51.0 Å². The molecule has 1 aliphatic carbocycles. The molecule has 0 atom stereocenters. The van der Waals surface area contributed by atoms with Crippen molar-refractivity contribution in [1.82, 2.24) is 15.5 Å². The molecule has 1 aliphatic rings. The fourth-order valence-electron chi connectivity index (χ4n) is 2.49. The highest BCUT2D eigenvalue weighted by Crippen LogP contribution is 2.22. The van der Waals surface area contributed by atoms with E-state index in [2.05, 4.69) is 15.5 Å². The molecule has 1 heterocycles. The van der Waals surface area contributed by atoms with Gasteiger partial charge >= 0.3 is 0 Å². The van der Waals surface area contributed by atoms with Crippen molar-refractivity contribution < 1.29 is 8.91 Å². The first-order chi connectivity index (χ1) is 10.3. The summed E-state index contributed by atoms with van der Waals surface area (Å²) in [5, 5.41) is 7.40. The van der Waals surface area contributed by atoms with E-state index >= 15 is 0 Å². The van der Waals surface area contributed by atoms with Crippen LogP contribution in [0.15, 0.2) is 33.7 Å². The van der Waals surface area contributed by atoms with Crippen molar-refractivity contribution in [2.24, 2.45) is 0 Å². The van der Waals surface area contributed by atoms with E-state index in [4.69, 9.17) is 4.52 Å². The highest BCUT2D eigenvalue weighted by Gasteiger charge is 2.15. The van der Waals surface area contributed by atoms with E-state index in [1.807, 2.05) is 6.07 Å². The van der Waals surface area contributed by atoms with Gasteiger partial charge in [-0.2, -0.15) is 4.98 Å². The van der Waals surface area contributed by atoms with E-state index in [9.17, 15) is 4.39 Å². The number of thioether (sulfide) groups is 1. The minimum absolute atomic E-state index is 0.227. The van der Waals surface area contributed by atoms with E-state index in [1.54, 1.807) is 6.07 Å². The zero-order valence-corrected chi connectivity index (χ0v) is 12.5. The van der Waals surface area contributed by atoms with Crippen LogP contribution in [0, 0.1) is 5.82 Å². The first kappa shape index (κ1) is 14.5. The summed E-state index contributed by atoms with van der Waals surface area (Å²) in [6, 6.07) is 7.10. The molecule has 1 aromatic heterocycles. The third kappa shape index (κ3) is 4.28. The first-order valence-corrected chi connectivity index (χ1v) is 8.21. The first-order valence-electron chi connectivity index (χ1n) is 7.23. The number of rotatable bonds is 6. The summed E-state index contributed by atoms with van der Waals surface area (Å²) >= 11 is 1.50. The predicted molar refractivity (Wildman–Crippen MR) is 79.4 cm³/mol. The van der Waals surface area contributed by atoms with Crippen LogP contribution in [0.1, 0.15) is 37.4 Å². The molecule has 0 unspecified atom stereocenters. The molecule has 3 rings (SSSR count). The lowest BCUT2D eigenvalue weighted by atomic mass is 10.2. The fourth-order valence-corrected chi connectivity index (χ4v) is 3.27. The Hall–Kier alpha value is -1.40. The largest absolute Gasteiger partial charge is 0.338 e. The molecule has 1 aromatic carbocycles. The number of hydrogen-bond acceptors (Lipinski definition) is 5. The van der Waals surface area contributed by atoms with Gasteiger partial charge in [0.1, 0.15) is 5.82 Å². The minimum atomic E-state index is -0.227. The minimum Gasteiger partial charge on any atom is -0.338 e. The van der Waals surface area contributed by atoms with Crippen LogP contribution in [0.3, 0.4) is 0 Å². The average molecular weight is 307 g/mol. The van der Waals surface area contributed by atoms with Crippen molar-refractivity contribution in [3.8, 4) is 0 Å². The highest BCUT2D eigenvalue weighted by molar-refractivity contribution is 7.98. The average Bonchev–Trinajstić information content (AvgIpc) is 3.15. The molecule has 0 amide bonds. The van der Waals surface area contributed by atoms with E-state index in [1.165, 1.54) is 49.6 Å². The van der Waals surface area contributed by atoms with Crippen LogP contribution >= 0.6 is 11.8 Å². The number of halogens is 1. The Morgan fingerprint density at radius 1 is 1.33 bits per heavy atom. The van der Waals surface area contributed by atoms with Gasteiger partial charge in [0.2, 0.25) is 5.89 Å². The van der Waals surface area contributed by atoms with Gasteiger partial charge in [0.25, 0.3) is 0 Å². The molecule has 4 nitrogen and oxygen atoms in total. The molecular weight excluding hydrogens is 289 g/mol. The van der Waals surface area contributed by atoms with Gasteiger partial charge in [0, 0.05) is 10.9 Å². The van der Waals surface area contributed by atoms with Gasteiger partial charge in [-0.1, -0.05) is 24.1 Å². The Balaban J connectivity index is 1.48. The number of nitrogens with zero attached hydrogens (tertiary/aromatic N) is 2. The quantitative estimate of drug-likeness (QED) is 0.827. The molecule has 112 valence electrons. The molecule has 0 radical (unpaired) electrons. The molecule has 2 aromatic rings. The number of hydrogen-bond donors (Lipinski definition) is 1. The van der Waals surface area contributed by atoms with E-state index in [0.717, 1.165) is 4.90 Å². The molecule has 1 fully saturated rings. The molecule has 1 saturated carbocycles. The van der Waals surface area contributed by atoms with Crippen LogP contribution in [0.4, 0.5) is 4.39 Å². The Morgan fingerprint density at radius 3 is 3.00 bits per heavy atom. The lowest BCUT2D eigenvalue weighted by molar-refractivity contribution is 0.354. The van der Waals surface area contributed by atoms with Gasteiger partial charge in [-0.3, -0.25) is 0 Å². The van der Waals surface area contributed by atoms with Gasteiger partial charge in [0.05, 0.1) is 12.3 Å². The Bertz CT molecular complexity index is 584. The van der Waals surface area contributed by atoms with Crippen molar-refractivity contribution in [3.63, 3.8) is 0 Å². The molecule has 0 saturated heterocycles. The standard InChI is InChI=1S/C15H18FN3OS/c16-11-4-3-7-13(8-11)21-10-14-18-15(20-19-14)9-17-12-5-1-2-6-12/h3-4,7-8,12,17H,1-2,5-6,9-10H2. The maximum Gasteiger partial charge on any atom is 0.240 e. The highest BCUT2D eigenvalue weighted by atomic mass is 32.2. The van der Waals surface area contributed by atoms with Crippen LogP contribution < -0.4 is 5.32 Å². The third-order valence-electron chi connectivity index (χ3n) is 3.57. The van der Waals surface area contributed by atoms with Crippen LogP contribution in [-0.2, 0) is 12.3 Å². The van der Waals surface area contributed by atoms with Crippen LogP contribution in [0.5, 0.6) is 0 Å². The van der Waals surface area contributed by atoms with Gasteiger partial charge in [0.15, 0.2) is 5.82 Å². The molecule has 1 N–H and O–H groups in total. The maximum absolute atomic E-state index is 13.1. The van der Waals surface area contributed by atoms with Gasteiger partial charge in [-0.05, 0) is 31.0 Å². The van der Waals surface area contributed by atoms with Crippen molar-refractivity contribution in [2.45, 2.75) is 48.9 Å². The van der Waals surface area contributed by atoms with Crippen LogP contribution in [0.2, 0.25) is 0 Å². The van der Waals surface area contributed by atoms with Crippen molar-refractivity contribution in [2.75, 3.05) is 0 Å². The van der Waals surface area contributed by atoms with Gasteiger partial charge < -0.3 is 9.84 Å². The Morgan fingerprint density at radius 2 is 2.19 bits per heavy atom. The van der Waals surface area contributed by atoms with Crippen LogP contribution in [0.25, 0.3) is 0 Å². The Labute approximate surface area is 127 Å². The summed E-state index contributed by atoms with van der Waals surface area (Å²) < 4.78 is 18.3. The summed E-state index contributed by atoms with van der Waals surface area (Å²) in [5.74, 6) is 1.62. The maximum atomic E-state index is 13.1. The van der Waals surface area contributed by atoms with Crippen LogP contribution in [-0.4, -0.2) is 16.2 Å². The molecule has 6 heteroatoms. The number of benzene rings is 1. The lowest BCUT2D eigenvalue weighted by Crippen LogP contribution is -2.25. The summed E-state index contributed by atoms with van der Waals surface area (Å²) in [7, 11) is 0. The molecular formula is C15H18FN3OS. The smallest absolute Gasteiger partial charge is 0.240 e. The third-order valence-corrected chi connectivity index (χ3v) is 4.56. The van der Waals surface area contributed by atoms with Crippen molar-refractivity contribution in [3.05, 3.63) is 41.8 Å². The second-order valence-corrected chi connectivity index (χ2v) is 6.26. The fraction of sp³-hybridized carbons (Fsp3) is 0.467. The van der Waals surface area contributed by atoms with E-state index in [-0.39, 0.29) is 5.82 Å². The molecule has 0 spiro atoms. The van der Waals surface area contributed by atoms with E-state index < -0.39 is 0 Å². The van der Waals surface area contributed by atoms with Crippen molar-refractivity contribution >= 4 is 11.8 Å². The SMILES string of the molecule is Fc1cccc(SCc2noc(CNC3CCCC3)n2)c1. The summed E-state index contributed by atoms with van der Waals surface area (Å²) in [6.45, 7) is 0.627. The summed E-state index contributed by atoms with van der Waals surface area (Å²) in [4.78, 5) is 5.22. The van der Waals surface area contributed by atoms with Gasteiger partial charge in [-0.15, -0.1) is 11.8 Å². The Kier molecular flexibility index (Phi) is 4.87. The number of nitrogens with one attached hydrogen (secondary N) is 1. The summed E-state index contributed by atoms with van der Waals surface area (Å²) in [6.07, 6.45) is 5.07. The normalized spacial score (nSPS) is 15.7. The van der Waals surface area contributed by atoms with Gasteiger partial charge in [-0.25, -0.2) is 4.39 Å². The lowest BCUT2D eigenvalue weighted by Gasteiger charge is -2.08. The summed E-state index contributed by atoms with van der Waals surface area (Å²) in [5.41, 5.74) is 0. The second-order valence-electron chi connectivity index (χ2n) is 5.21. The molecule has 0 aliphatic heterocycles. The molecule has 21 heavy (non-hydrogen) atoms. The second kappa shape index (κ2) is 7.04. The monoisotopic (exact) mass is 307 g/mol. The van der Waals surface area contributed by atoms with E-state index in [0.29, 0.717) is 30.1 Å². The molecule has 0 bridgehead atoms. The van der Waals surface area contributed by atoms with Crippen molar-refractivity contribution in [1.29, 1.82) is 0 Å². The zero-order chi connectivity index (χ0) is 14.5.